The Morgan fingerprint density at radius 2 is 2.21 bits per heavy atom. The third kappa shape index (κ3) is 3.30. The second-order valence-corrected chi connectivity index (χ2v) is 4.76. The summed E-state index contributed by atoms with van der Waals surface area (Å²) in [6.07, 6.45) is 3.20. The molecule has 0 aliphatic carbocycles. The molecule has 0 radical (unpaired) electrons. The predicted octanol–water partition coefficient (Wildman–Crippen LogP) is 4.04. The zero-order valence-corrected chi connectivity index (χ0v) is 11.6. The highest BCUT2D eigenvalue weighted by Gasteiger charge is 2.03. The van der Waals surface area contributed by atoms with Gasteiger partial charge in [0, 0.05) is 24.1 Å². The van der Waals surface area contributed by atoms with E-state index in [0.29, 0.717) is 10.6 Å². The van der Waals surface area contributed by atoms with Crippen LogP contribution in [0.3, 0.4) is 0 Å². The average molecular weight is 274 g/mol. The smallest absolute Gasteiger partial charge is 0.101 e. The van der Waals surface area contributed by atoms with Crippen LogP contribution in [0.2, 0.25) is 5.02 Å². The first-order valence-corrected chi connectivity index (χ1v) is 6.70. The number of rotatable bonds is 5. The van der Waals surface area contributed by atoms with Crippen LogP contribution in [0.5, 0.6) is 0 Å². The van der Waals surface area contributed by atoms with Crippen LogP contribution in [-0.2, 0) is 13.1 Å². The van der Waals surface area contributed by atoms with Crippen molar-refractivity contribution in [1.29, 1.82) is 5.26 Å². The first-order chi connectivity index (χ1) is 9.24. The first kappa shape index (κ1) is 13.5. The largest absolute Gasteiger partial charge is 0.379 e. The van der Waals surface area contributed by atoms with Gasteiger partial charge in [-0.2, -0.15) is 5.26 Å². The van der Waals surface area contributed by atoms with E-state index < -0.39 is 0 Å². The lowest BCUT2D eigenvalue weighted by atomic mass is 10.2. The Labute approximate surface area is 118 Å². The van der Waals surface area contributed by atoms with Gasteiger partial charge in [0.1, 0.15) is 6.07 Å². The topological polar surface area (TPSA) is 40.8 Å². The van der Waals surface area contributed by atoms with Crippen molar-refractivity contribution in [3.8, 4) is 6.07 Å². The molecule has 1 aromatic heterocycles. The van der Waals surface area contributed by atoms with Crippen LogP contribution in [0.1, 0.15) is 24.6 Å². The monoisotopic (exact) mass is 273 g/mol. The molecule has 0 aliphatic rings. The molecule has 0 fully saturated rings. The fourth-order valence-electron chi connectivity index (χ4n) is 1.98. The molecule has 0 saturated carbocycles. The summed E-state index contributed by atoms with van der Waals surface area (Å²) in [6, 6.07) is 11.6. The van der Waals surface area contributed by atoms with Crippen LogP contribution in [0.4, 0.5) is 5.69 Å². The lowest BCUT2D eigenvalue weighted by molar-refractivity contribution is 0.654. The van der Waals surface area contributed by atoms with Crippen molar-refractivity contribution in [2.24, 2.45) is 0 Å². The number of aryl methyl sites for hydroxylation is 1. The van der Waals surface area contributed by atoms with E-state index in [2.05, 4.69) is 41.2 Å². The summed E-state index contributed by atoms with van der Waals surface area (Å²) in [4.78, 5) is 0. The van der Waals surface area contributed by atoms with E-state index in [-0.39, 0.29) is 0 Å². The van der Waals surface area contributed by atoms with Gasteiger partial charge in [0.15, 0.2) is 0 Å². The van der Waals surface area contributed by atoms with E-state index in [1.165, 1.54) is 5.69 Å². The molecule has 19 heavy (non-hydrogen) atoms. The average Bonchev–Trinajstić information content (AvgIpc) is 2.86. The molecule has 0 bridgehead atoms. The van der Waals surface area contributed by atoms with Gasteiger partial charge in [-0.15, -0.1) is 0 Å². The van der Waals surface area contributed by atoms with Crippen LogP contribution in [-0.4, -0.2) is 4.57 Å². The summed E-state index contributed by atoms with van der Waals surface area (Å²) in [5.74, 6) is 0. The second-order valence-electron chi connectivity index (χ2n) is 4.35. The minimum absolute atomic E-state index is 0.488. The Morgan fingerprint density at radius 3 is 2.95 bits per heavy atom. The summed E-state index contributed by atoms with van der Waals surface area (Å²) in [7, 11) is 0. The van der Waals surface area contributed by atoms with E-state index in [4.69, 9.17) is 16.9 Å². The highest BCUT2D eigenvalue weighted by Crippen LogP contribution is 2.20. The Balaban J connectivity index is 2.06. The standard InChI is InChI=1S/C15H16ClN3/c1-2-7-19-8-3-4-14(19)11-18-13-5-6-15(16)12(9-13)10-17/h3-6,8-9,18H,2,7,11H2,1H3. The van der Waals surface area contributed by atoms with Crippen molar-refractivity contribution in [3.63, 3.8) is 0 Å². The van der Waals surface area contributed by atoms with E-state index in [1.54, 1.807) is 12.1 Å². The Hall–Kier alpha value is -1.92. The Bertz CT molecular complexity index is 596. The molecule has 0 atom stereocenters. The van der Waals surface area contributed by atoms with Gasteiger partial charge in [-0.1, -0.05) is 18.5 Å². The first-order valence-electron chi connectivity index (χ1n) is 6.32. The third-order valence-electron chi connectivity index (χ3n) is 2.95. The predicted molar refractivity (Wildman–Crippen MR) is 78.2 cm³/mol. The fraction of sp³-hybridized carbons (Fsp3) is 0.267. The van der Waals surface area contributed by atoms with Crippen molar-refractivity contribution >= 4 is 17.3 Å². The lowest BCUT2D eigenvalue weighted by Crippen LogP contribution is -2.07. The minimum Gasteiger partial charge on any atom is -0.379 e. The minimum atomic E-state index is 0.488. The normalized spacial score (nSPS) is 10.2. The summed E-state index contributed by atoms with van der Waals surface area (Å²) >= 11 is 5.91. The number of benzene rings is 1. The fourth-order valence-corrected chi connectivity index (χ4v) is 2.14. The molecular formula is C15H16ClN3. The van der Waals surface area contributed by atoms with E-state index in [9.17, 15) is 0 Å². The number of nitrogens with one attached hydrogen (secondary N) is 1. The molecule has 1 N–H and O–H groups in total. The summed E-state index contributed by atoms with van der Waals surface area (Å²) in [5, 5.41) is 12.7. The van der Waals surface area contributed by atoms with Gasteiger partial charge < -0.3 is 9.88 Å². The molecule has 1 aromatic carbocycles. The SMILES string of the molecule is CCCn1cccc1CNc1ccc(Cl)c(C#N)c1. The van der Waals surface area contributed by atoms with E-state index >= 15 is 0 Å². The number of anilines is 1. The van der Waals surface area contributed by atoms with E-state index in [1.807, 2.05) is 6.07 Å². The number of halogens is 1. The number of hydrogen-bond donors (Lipinski definition) is 1. The Kier molecular flexibility index (Phi) is 4.48. The highest BCUT2D eigenvalue weighted by atomic mass is 35.5. The van der Waals surface area contributed by atoms with Gasteiger partial charge in [0.25, 0.3) is 0 Å². The molecule has 0 saturated heterocycles. The molecule has 1 heterocycles. The van der Waals surface area contributed by atoms with Gasteiger partial charge in [0.05, 0.1) is 17.1 Å². The van der Waals surface area contributed by atoms with Gasteiger partial charge >= 0.3 is 0 Å². The zero-order valence-electron chi connectivity index (χ0n) is 10.9. The zero-order chi connectivity index (χ0) is 13.7. The molecule has 0 unspecified atom stereocenters. The maximum atomic E-state index is 8.94. The van der Waals surface area contributed by atoms with Crippen LogP contribution in [0, 0.1) is 11.3 Å². The summed E-state index contributed by atoms with van der Waals surface area (Å²) in [5.41, 5.74) is 2.64. The van der Waals surface area contributed by atoms with Gasteiger partial charge in [-0.05, 0) is 36.8 Å². The highest BCUT2D eigenvalue weighted by molar-refractivity contribution is 6.31. The molecule has 0 amide bonds. The molecule has 2 rings (SSSR count). The number of nitrogens with zero attached hydrogens (tertiary/aromatic N) is 2. The van der Waals surface area contributed by atoms with Crippen molar-refractivity contribution < 1.29 is 0 Å². The van der Waals surface area contributed by atoms with E-state index in [0.717, 1.165) is 25.2 Å². The number of nitriles is 1. The quantitative estimate of drug-likeness (QED) is 0.893. The molecular weight excluding hydrogens is 258 g/mol. The second kappa shape index (κ2) is 6.31. The number of aromatic nitrogens is 1. The lowest BCUT2D eigenvalue weighted by Gasteiger charge is -2.10. The van der Waals surface area contributed by atoms with Crippen molar-refractivity contribution in [2.45, 2.75) is 26.4 Å². The van der Waals surface area contributed by atoms with Crippen LogP contribution >= 0.6 is 11.6 Å². The number of hydrogen-bond acceptors (Lipinski definition) is 2. The summed E-state index contributed by atoms with van der Waals surface area (Å²) < 4.78 is 2.23. The van der Waals surface area contributed by atoms with Crippen molar-refractivity contribution in [2.75, 3.05) is 5.32 Å². The molecule has 98 valence electrons. The summed E-state index contributed by atoms with van der Waals surface area (Å²) in [6.45, 7) is 3.92. The maximum Gasteiger partial charge on any atom is 0.101 e. The van der Waals surface area contributed by atoms with Crippen LogP contribution in [0.25, 0.3) is 0 Å². The van der Waals surface area contributed by atoms with Gasteiger partial charge in [-0.3, -0.25) is 0 Å². The Morgan fingerprint density at radius 1 is 1.37 bits per heavy atom. The molecule has 0 aliphatic heterocycles. The van der Waals surface area contributed by atoms with Gasteiger partial charge in [0.2, 0.25) is 0 Å². The van der Waals surface area contributed by atoms with Crippen LogP contribution < -0.4 is 5.32 Å². The van der Waals surface area contributed by atoms with Gasteiger partial charge in [-0.25, -0.2) is 0 Å². The van der Waals surface area contributed by atoms with Crippen molar-refractivity contribution in [3.05, 3.63) is 52.8 Å². The molecule has 4 heteroatoms. The molecule has 2 aromatic rings. The maximum absolute atomic E-state index is 8.94. The third-order valence-corrected chi connectivity index (χ3v) is 3.28. The molecule has 0 spiro atoms. The molecule has 3 nitrogen and oxygen atoms in total. The van der Waals surface area contributed by atoms with Crippen molar-refractivity contribution in [1.82, 2.24) is 4.57 Å². The van der Waals surface area contributed by atoms with Crippen LogP contribution in [0.15, 0.2) is 36.5 Å².